The maximum absolute atomic E-state index is 4.32. The summed E-state index contributed by atoms with van der Waals surface area (Å²) in [4.78, 5) is 4.32. The van der Waals surface area contributed by atoms with Crippen LogP contribution >= 0.6 is 27.3 Å². The first kappa shape index (κ1) is 9.16. The van der Waals surface area contributed by atoms with Crippen molar-refractivity contribution in [2.45, 2.75) is 13.5 Å². The monoisotopic (exact) mass is 234 g/mol. The minimum Gasteiger partial charge on any atom is -0.310 e. The normalized spacial score (nSPS) is 10.4. The van der Waals surface area contributed by atoms with Gasteiger partial charge in [-0.3, -0.25) is 0 Å². The van der Waals surface area contributed by atoms with E-state index in [4.69, 9.17) is 0 Å². The SMILES string of the molecule is Cc1csc(CNCCBr)n1. The molecule has 0 aromatic carbocycles. The van der Waals surface area contributed by atoms with Crippen LogP contribution in [-0.2, 0) is 6.54 Å². The van der Waals surface area contributed by atoms with E-state index in [9.17, 15) is 0 Å². The van der Waals surface area contributed by atoms with Gasteiger partial charge in [-0.05, 0) is 6.92 Å². The Labute approximate surface area is 79.2 Å². The summed E-state index contributed by atoms with van der Waals surface area (Å²) < 4.78 is 0. The number of rotatable bonds is 4. The van der Waals surface area contributed by atoms with Crippen molar-refractivity contribution in [1.82, 2.24) is 10.3 Å². The third-order valence-electron chi connectivity index (χ3n) is 1.21. The van der Waals surface area contributed by atoms with Crippen molar-refractivity contribution in [2.75, 3.05) is 11.9 Å². The zero-order valence-electron chi connectivity index (χ0n) is 6.43. The van der Waals surface area contributed by atoms with E-state index in [1.54, 1.807) is 11.3 Å². The number of nitrogens with one attached hydrogen (secondary N) is 1. The number of aryl methyl sites for hydroxylation is 1. The zero-order valence-corrected chi connectivity index (χ0v) is 8.83. The van der Waals surface area contributed by atoms with Crippen LogP contribution in [0.4, 0.5) is 0 Å². The molecule has 0 aliphatic carbocycles. The molecule has 0 spiro atoms. The average molecular weight is 235 g/mol. The Kier molecular flexibility index (Phi) is 4.04. The van der Waals surface area contributed by atoms with Crippen molar-refractivity contribution in [1.29, 1.82) is 0 Å². The van der Waals surface area contributed by atoms with Gasteiger partial charge in [-0.25, -0.2) is 4.98 Å². The number of thiazole rings is 1. The highest BCUT2D eigenvalue weighted by Crippen LogP contribution is 2.07. The van der Waals surface area contributed by atoms with E-state index < -0.39 is 0 Å². The molecular weight excluding hydrogens is 224 g/mol. The number of hydrogen-bond donors (Lipinski definition) is 1. The smallest absolute Gasteiger partial charge is 0.107 e. The predicted octanol–water partition coefficient (Wildman–Crippen LogP) is 1.94. The highest BCUT2D eigenvalue weighted by atomic mass is 79.9. The van der Waals surface area contributed by atoms with Crippen LogP contribution < -0.4 is 5.32 Å². The Hall–Kier alpha value is 0.0700. The molecule has 1 heterocycles. The maximum atomic E-state index is 4.32. The summed E-state index contributed by atoms with van der Waals surface area (Å²) in [5, 5.41) is 7.51. The minimum absolute atomic E-state index is 0.893. The Morgan fingerprint density at radius 3 is 3.09 bits per heavy atom. The first-order valence-electron chi connectivity index (χ1n) is 3.50. The van der Waals surface area contributed by atoms with Crippen LogP contribution in [0.25, 0.3) is 0 Å². The standard InChI is InChI=1S/C7H11BrN2S/c1-6-5-11-7(10-6)4-9-3-2-8/h5,9H,2-4H2,1H3. The van der Waals surface area contributed by atoms with Crippen LogP contribution in [0.15, 0.2) is 5.38 Å². The van der Waals surface area contributed by atoms with E-state index in [0.717, 1.165) is 24.1 Å². The van der Waals surface area contributed by atoms with Gasteiger partial charge in [0, 0.05) is 29.5 Å². The number of nitrogens with zero attached hydrogens (tertiary/aromatic N) is 1. The van der Waals surface area contributed by atoms with E-state index in [1.807, 2.05) is 6.92 Å². The van der Waals surface area contributed by atoms with Crippen molar-refractivity contribution < 1.29 is 0 Å². The maximum Gasteiger partial charge on any atom is 0.107 e. The number of alkyl halides is 1. The highest BCUT2D eigenvalue weighted by Gasteiger charge is 1.95. The largest absolute Gasteiger partial charge is 0.310 e. The topological polar surface area (TPSA) is 24.9 Å². The molecule has 0 atom stereocenters. The van der Waals surface area contributed by atoms with Gasteiger partial charge in [0.15, 0.2) is 0 Å². The van der Waals surface area contributed by atoms with Gasteiger partial charge >= 0.3 is 0 Å². The van der Waals surface area contributed by atoms with Gasteiger partial charge in [-0.1, -0.05) is 15.9 Å². The van der Waals surface area contributed by atoms with Crippen molar-refractivity contribution >= 4 is 27.3 Å². The average Bonchev–Trinajstić information content (AvgIpc) is 2.37. The number of aromatic nitrogens is 1. The molecule has 4 heteroatoms. The zero-order chi connectivity index (χ0) is 8.10. The van der Waals surface area contributed by atoms with Gasteiger partial charge in [0.25, 0.3) is 0 Å². The van der Waals surface area contributed by atoms with Crippen molar-refractivity contribution in [3.63, 3.8) is 0 Å². The molecule has 11 heavy (non-hydrogen) atoms. The van der Waals surface area contributed by atoms with Gasteiger partial charge in [-0.2, -0.15) is 0 Å². The lowest BCUT2D eigenvalue weighted by atomic mass is 10.5. The van der Waals surface area contributed by atoms with E-state index >= 15 is 0 Å². The van der Waals surface area contributed by atoms with Crippen LogP contribution in [-0.4, -0.2) is 16.9 Å². The summed E-state index contributed by atoms with van der Waals surface area (Å²) in [6, 6.07) is 0. The molecule has 0 saturated heterocycles. The molecule has 1 aromatic rings. The Morgan fingerprint density at radius 2 is 2.55 bits per heavy atom. The van der Waals surface area contributed by atoms with Crippen LogP contribution in [0.2, 0.25) is 0 Å². The second-order valence-electron chi connectivity index (χ2n) is 2.25. The van der Waals surface area contributed by atoms with Crippen LogP contribution in [0.5, 0.6) is 0 Å². The van der Waals surface area contributed by atoms with Gasteiger partial charge in [0.2, 0.25) is 0 Å². The lowest BCUT2D eigenvalue weighted by Gasteiger charge is -1.96. The van der Waals surface area contributed by atoms with E-state index in [1.165, 1.54) is 5.01 Å². The third-order valence-corrected chi connectivity index (χ3v) is 2.58. The summed E-state index contributed by atoms with van der Waals surface area (Å²) in [5.74, 6) is 0. The van der Waals surface area contributed by atoms with Gasteiger partial charge in [-0.15, -0.1) is 11.3 Å². The fourth-order valence-corrected chi connectivity index (χ4v) is 1.77. The predicted molar refractivity (Wildman–Crippen MR) is 52.4 cm³/mol. The third kappa shape index (κ3) is 3.31. The van der Waals surface area contributed by atoms with Gasteiger partial charge in [0.1, 0.15) is 5.01 Å². The Morgan fingerprint density at radius 1 is 1.73 bits per heavy atom. The molecule has 0 amide bonds. The number of hydrogen-bond acceptors (Lipinski definition) is 3. The van der Waals surface area contributed by atoms with Crippen LogP contribution in [0.3, 0.4) is 0 Å². The van der Waals surface area contributed by atoms with Gasteiger partial charge in [0.05, 0.1) is 0 Å². The fraction of sp³-hybridized carbons (Fsp3) is 0.571. The van der Waals surface area contributed by atoms with Crippen LogP contribution in [0.1, 0.15) is 10.7 Å². The lowest BCUT2D eigenvalue weighted by Crippen LogP contribution is -2.15. The Bertz CT molecular complexity index is 212. The number of halogens is 1. The van der Waals surface area contributed by atoms with E-state index in [2.05, 4.69) is 31.6 Å². The first-order valence-corrected chi connectivity index (χ1v) is 5.50. The highest BCUT2D eigenvalue weighted by molar-refractivity contribution is 9.09. The molecule has 0 unspecified atom stereocenters. The lowest BCUT2D eigenvalue weighted by molar-refractivity contribution is 0.728. The van der Waals surface area contributed by atoms with E-state index in [0.29, 0.717) is 0 Å². The Balaban J connectivity index is 2.27. The molecular formula is C7H11BrN2S. The molecule has 2 nitrogen and oxygen atoms in total. The summed E-state index contributed by atoms with van der Waals surface area (Å²) in [6.45, 7) is 3.91. The second kappa shape index (κ2) is 4.85. The molecule has 0 bridgehead atoms. The first-order chi connectivity index (χ1) is 5.33. The molecule has 0 radical (unpaired) electrons. The van der Waals surface area contributed by atoms with Crippen molar-refractivity contribution in [3.05, 3.63) is 16.1 Å². The molecule has 0 aliphatic heterocycles. The molecule has 1 aromatic heterocycles. The van der Waals surface area contributed by atoms with E-state index in [-0.39, 0.29) is 0 Å². The summed E-state index contributed by atoms with van der Waals surface area (Å²) in [5.41, 5.74) is 1.12. The molecule has 0 aliphatic rings. The fourth-order valence-electron chi connectivity index (χ4n) is 0.746. The molecule has 0 saturated carbocycles. The quantitative estimate of drug-likeness (QED) is 0.637. The summed E-state index contributed by atoms with van der Waals surface area (Å²) in [7, 11) is 0. The molecule has 1 N–H and O–H groups in total. The van der Waals surface area contributed by atoms with Crippen molar-refractivity contribution in [2.24, 2.45) is 0 Å². The van der Waals surface area contributed by atoms with Crippen molar-refractivity contribution in [3.8, 4) is 0 Å². The molecule has 1 rings (SSSR count). The summed E-state index contributed by atoms with van der Waals surface area (Å²) >= 11 is 5.06. The second-order valence-corrected chi connectivity index (χ2v) is 3.98. The minimum atomic E-state index is 0.893. The summed E-state index contributed by atoms with van der Waals surface area (Å²) in [6.07, 6.45) is 0. The molecule has 0 fully saturated rings. The van der Waals surface area contributed by atoms with Crippen LogP contribution in [0, 0.1) is 6.92 Å². The van der Waals surface area contributed by atoms with Gasteiger partial charge < -0.3 is 5.32 Å². The molecule has 62 valence electrons.